The first-order valence-electron chi connectivity index (χ1n) is 10.9. The molecule has 0 spiro atoms. The average Bonchev–Trinajstić information content (AvgIpc) is 3.18. The minimum atomic E-state index is -0.603. The number of methoxy groups -OCH3 is 1. The van der Waals surface area contributed by atoms with Gasteiger partial charge < -0.3 is 14.8 Å². The lowest BCUT2D eigenvalue weighted by atomic mass is 9.97. The molecule has 4 rings (SSSR count). The number of rotatable bonds is 8. The number of hydrogen-bond acceptors (Lipinski definition) is 7. The van der Waals surface area contributed by atoms with Gasteiger partial charge in [-0.3, -0.25) is 19.5 Å². The van der Waals surface area contributed by atoms with Gasteiger partial charge in [0.2, 0.25) is 5.91 Å². The van der Waals surface area contributed by atoms with Crippen LogP contribution in [-0.2, 0) is 33.7 Å². The second-order valence-corrected chi connectivity index (χ2v) is 8.85. The Morgan fingerprint density at radius 1 is 1.15 bits per heavy atom. The van der Waals surface area contributed by atoms with Crippen molar-refractivity contribution in [3.8, 4) is 0 Å². The maximum atomic E-state index is 13.0. The van der Waals surface area contributed by atoms with Crippen LogP contribution in [0, 0.1) is 0 Å². The Balaban J connectivity index is 1.36. The summed E-state index contributed by atoms with van der Waals surface area (Å²) >= 11 is 1.61. The molecule has 2 N–H and O–H groups in total. The summed E-state index contributed by atoms with van der Waals surface area (Å²) in [6.07, 6.45) is 5.22. The van der Waals surface area contributed by atoms with E-state index in [0.717, 1.165) is 36.1 Å². The summed E-state index contributed by atoms with van der Waals surface area (Å²) in [7, 11) is 1.52. The van der Waals surface area contributed by atoms with Gasteiger partial charge in [0.05, 0.1) is 18.3 Å². The average molecular weight is 471 g/mol. The third-order valence-corrected chi connectivity index (χ3v) is 6.63. The highest BCUT2D eigenvalue weighted by Crippen LogP contribution is 2.33. The lowest BCUT2D eigenvalue weighted by molar-refractivity contribution is -0.116. The van der Waals surface area contributed by atoms with Crippen molar-refractivity contribution in [3.63, 3.8) is 0 Å². The van der Waals surface area contributed by atoms with E-state index >= 15 is 0 Å². The lowest BCUT2D eigenvalue weighted by Crippen LogP contribution is -2.24. The van der Waals surface area contributed by atoms with Crippen LogP contribution < -0.4 is 16.2 Å². The number of fused-ring (bicyclic) bond motifs is 3. The normalized spacial score (nSPS) is 12.9. The van der Waals surface area contributed by atoms with Crippen LogP contribution in [0.3, 0.4) is 0 Å². The molecule has 1 aliphatic carbocycles. The molecule has 1 aromatic carbocycles. The molecule has 0 saturated heterocycles. The van der Waals surface area contributed by atoms with Crippen LogP contribution in [0.2, 0.25) is 0 Å². The first kappa shape index (κ1) is 22.9. The number of ether oxygens (including phenoxy) is 2. The predicted molar refractivity (Wildman–Crippen MR) is 127 cm³/mol. The number of aryl methyl sites for hydroxylation is 3. The smallest absolute Gasteiger partial charge is 0.411 e. The zero-order valence-electron chi connectivity index (χ0n) is 18.4. The summed E-state index contributed by atoms with van der Waals surface area (Å²) < 4.78 is 11.3. The zero-order valence-corrected chi connectivity index (χ0v) is 19.2. The molecule has 0 bridgehead atoms. The Bertz CT molecular complexity index is 1220. The fraction of sp³-hybridized carbons (Fsp3) is 0.391. The third kappa shape index (κ3) is 5.58. The monoisotopic (exact) mass is 470 g/mol. The van der Waals surface area contributed by atoms with Crippen molar-refractivity contribution in [2.24, 2.45) is 0 Å². The van der Waals surface area contributed by atoms with Crippen molar-refractivity contribution in [1.29, 1.82) is 0 Å². The molecule has 2 heterocycles. The number of anilines is 2. The molecular formula is C23H26N4O5S. The van der Waals surface area contributed by atoms with Crippen LogP contribution in [0.25, 0.3) is 10.2 Å². The Kier molecular flexibility index (Phi) is 7.36. The van der Waals surface area contributed by atoms with Gasteiger partial charge in [0.1, 0.15) is 11.4 Å². The van der Waals surface area contributed by atoms with E-state index < -0.39 is 6.09 Å². The summed E-state index contributed by atoms with van der Waals surface area (Å²) in [6, 6.07) is 6.75. The maximum Gasteiger partial charge on any atom is 0.411 e. The van der Waals surface area contributed by atoms with Gasteiger partial charge in [0.15, 0.2) is 0 Å². The lowest BCUT2D eigenvalue weighted by Gasteiger charge is -2.11. The molecule has 3 aromatic rings. The molecule has 9 nitrogen and oxygen atoms in total. The summed E-state index contributed by atoms with van der Waals surface area (Å²) in [4.78, 5) is 43.8. The van der Waals surface area contributed by atoms with E-state index in [2.05, 4.69) is 15.6 Å². The van der Waals surface area contributed by atoms with Gasteiger partial charge in [-0.25, -0.2) is 9.78 Å². The topological polar surface area (TPSA) is 112 Å². The Morgan fingerprint density at radius 2 is 1.94 bits per heavy atom. The summed E-state index contributed by atoms with van der Waals surface area (Å²) in [5, 5.41) is 6.11. The first-order chi connectivity index (χ1) is 16.0. The van der Waals surface area contributed by atoms with E-state index in [0.29, 0.717) is 23.4 Å². The number of carbonyl (C=O) groups is 2. The molecule has 0 radical (unpaired) electrons. The van der Waals surface area contributed by atoms with E-state index in [4.69, 9.17) is 9.47 Å². The molecule has 174 valence electrons. The van der Waals surface area contributed by atoms with E-state index in [1.54, 1.807) is 35.6 Å². The van der Waals surface area contributed by atoms with Crippen molar-refractivity contribution < 1.29 is 19.1 Å². The second-order valence-electron chi connectivity index (χ2n) is 7.77. The third-order valence-electron chi connectivity index (χ3n) is 5.43. The number of thiophene rings is 1. The van der Waals surface area contributed by atoms with Crippen LogP contribution >= 0.6 is 11.3 Å². The molecule has 0 unspecified atom stereocenters. The fourth-order valence-corrected chi connectivity index (χ4v) is 5.05. The summed E-state index contributed by atoms with van der Waals surface area (Å²) in [6.45, 7) is 0.693. The van der Waals surface area contributed by atoms with Gasteiger partial charge in [-0.15, -0.1) is 11.3 Å². The predicted octanol–water partition coefficient (Wildman–Crippen LogP) is 3.56. The van der Waals surface area contributed by atoms with E-state index in [-0.39, 0.29) is 31.0 Å². The summed E-state index contributed by atoms with van der Waals surface area (Å²) in [5.74, 6) is -0.242. The Labute approximate surface area is 194 Å². The van der Waals surface area contributed by atoms with Crippen LogP contribution in [0.5, 0.6) is 0 Å². The number of hydrogen-bond donors (Lipinski definition) is 2. The highest BCUT2D eigenvalue weighted by Gasteiger charge is 2.20. The van der Waals surface area contributed by atoms with Gasteiger partial charge in [0, 0.05) is 36.3 Å². The van der Waals surface area contributed by atoms with Crippen LogP contribution in [-0.4, -0.2) is 41.9 Å². The number of aromatic nitrogens is 2. The van der Waals surface area contributed by atoms with Crippen molar-refractivity contribution >= 4 is 44.9 Å². The number of carbonyl (C=O) groups excluding carboxylic acids is 2. The molecule has 10 heteroatoms. The minimum absolute atomic E-state index is 0.0783. The fourth-order valence-electron chi connectivity index (χ4n) is 3.83. The van der Waals surface area contributed by atoms with Gasteiger partial charge >= 0.3 is 6.09 Å². The standard InChI is InChI=1S/C23H26N4O5S/c1-31-11-12-32-23(30)26-16-6-4-5-15(13-16)25-19(28)9-10-27-14-24-21-20(22(27)29)17-7-2-3-8-18(17)33-21/h4-6,13-14H,2-3,7-12H2,1H3,(H,25,28)(H,26,30). The van der Waals surface area contributed by atoms with Gasteiger partial charge in [0.25, 0.3) is 5.56 Å². The molecule has 33 heavy (non-hydrogen) atoms. The molecular weight excluding hydrogens is 444 g/mol. The second kappa shape index (κ2) is 10.6. The van der Waals surface area contributed by atoms with Crippen LogP contribution in [0.15, 0.2) is 35.4 Å². The van der Waals surface area contributed by atoms with Gasteiger partial charge in [-0.1, -0.05) is 6.07 Å². The maximum absolute atomic E-state index is 13.0. The molecule has 2 aromatic heterocycles. The highest BCUT2D eigenvalue weighted by molar-refractivity contribution is 7.18. The molecule has 0 atom stereocenters. The Hall–Kier alpha value is -3.24. The van der Waals surface area contributed by atoms with Gasteiger partial charge in [-0.05, 0) is 49.4 Å². The van der Waals surface area contributed by atoms with Crippen LogP contribution in [0.1, 0.15) is 29.7 Å². The number of benzene rings is 1. The molecule has 0 aliphatic heterocycles. The van der Waals surface area contributed by atoms with E-state index in [1.165, 1.54) is 22.9 Å². The van der Waals surface area contributed by atoms with E-state index in [1.807, 2.05) is 0 Å². The van der Waals surface area contributed by atoms with Crippen LogP contribution in [0.4, 0.5) is 16.2 Å². The molecule has 1 aliphatic rings. The molecule has 0 saturated carbocycles. The molecule has 2 amide bonds. The number of nitrogens with one attached hydrogen (secondary N) is 2. The van der Waals surface area contributed by atoms with Gasteiger partial charge in [-0.2, -0.15) is 0 Å². The van der Waals surface area contributed by atoms with Crippen molar-refractivity contribution in [1.82, 2.24) is 9.55 Å². The van der Waals surface area contributed by atoms with Crippen molar-refractivity contribution in [3.05, 3.63) is 51.4 Å². The SMILES string of the molecule is COCCOC(=O)Nc1cccc(NC(=O)CCn2cnc3sc4c(c3c2=O)CCCC4)c1. The largest absolute Gasteiger partial charge is 0.447 e. The number of nitrogens with zero attached hydrogens (tertiary/aromatic N) is 2. The zero-order chi connectivity index (χ0) is 23.2. The minimum Gasteiger partial charge on any atom is -0.447 e. The Morgan fingerprint density at radius 3 is 2.76 bits per heavy atom. The first-order valence-corrected chi connectivity index (χ1v) is 11.7. The number of amides is 2. The van der Waals surface area contributed by atoms with Crippen molar-refractivity contribution in [2.75, 3.05) is 31.0 Å². The van der Waals surface area contributed by atoms with E-state index in [9.17, 15) is 14.4 Å². The summed E-state index contributed by atoms with van der Waals surface area (Å²) in [5.41, 5.74) is 2.08. The highest BCUT2D eigenvalue weighted by atomic mass is 32.1. The van der Waals surface area contributed by atoms with Crippen molar-refractivity contribution in [2.45, 2.75) is 38.6 Å². The molecule has 0 fully saturated rings. The quantitative estimate of drug-likeness (QED) is 0.487.